The van der Waals surface area contributed by atoms with Crippen molar-refractivity contribution >= 4 is 33.3 Å². The SMILES string of the molecule is Cc1cc(Cn2cc3c(NCc4ccc5c(N)nccc5c4)nccc3n2)cnc1F. The Bertz CT molecular complexity index is 1410. The number of nitrogen functional groups attached to an aromatic ring is 1. The van der Waals surface area contributed by atoms with Crippen LogP contribution in [0.5, 0.6) is 0 Å². The summed E-state index contributed by atoms with van der Waals surface area (Å²) in [6.07, 6.45) is 6.92. The van der Waals surface area contributed by atoms with Gasteiger partial charge in [-0.1, -0.05) is 12.1 Å². The zero-order valence-electron chi connectivity index (χ0n) is 16.9. The molecule has 5 aromatic rings. The van der Waals surface area contributed by atoms with Crippen LogP contribution in [0.15, 0.2) is 61.2 Å². The molecule has 0 aliphatic carbocycles. The van der Waals surface area contributed by atoms with E-state index in [9.17, 15) is 4.39 Å². The third-order valence-electron chi connectivity index (χ3n) is 5.22. The van der Waals surface area contributed by atoms with Gasteiger partial charge in [0.2, 0.25) is 5.95 Å². The maximum atomic E-state index is 13.4. The Morgan fingerprint density at radius 1 is 1.00 bits per heavy atom. The number of fused-ring (bicyclic) bond motifs is 2. The maximum Gasteiger partial charge on any atom is 0.215 e. The fourth-order valence-electron chi connectivity index (χ4n) is 3.65. The molecule has 0 unspecified atom stereocenters. The average molecular weight is 413 g/mol. The van der Waals surface area contributed by atoms with Crippen molar-refractivity contribution in [2.45, 2.75) is 20.0 Å². The standard InChI is InChI=1S/C23H20FN7/c1-14-8-16(11-28-21(14)24)12-31-13-19-20(30-31)5-7-27-23(19)29-10-15-2-3-18-17(9-15)4-6-26-22(18)25/h2-9,11,13H,10,12H2,1H3,(H2,25,26)(H,27,29). The molecule has 0 aliphatic rings. The van der Waals surface area contributed by atoms with Gasteiger partial charge in [0, 0.05) is 42.3 Å². The van der Waals surface area contributed by atoms with Gasteiger partial charge >= 0.3 is 0 Å². The third-order valence-corrected chi connectivity index (χ3v) is 5.22. The lowest BCUT2D eigenvalue weighted by Gasteiger charge is -2.08. The lowest BCUT2D eigenvalue weighted by Crippen LogP contribution is -2.02. The molecule has 3 N–H and O–H groups in total. The highest BCUT2D eigenvalue weighted by Gasteiger charge is 2.09. The fraction of sp³-hybridized carbons (Fsp3) is 0.130. The van der Waals surface area contributed by atoms with Crippen molar-refractivity contribution in [3.63, 3.8) is 0 Å². The number of nitrogens with zero attached hydrogens (tertiary/aromatic N) is 5. The van der Waals surface area contributed by atoms with Gasteiger partial charge in [0.05, 0.1) is 17.4 Å². The van der Waals surface area contributed by atoms with Crippen LogP contribution in [0.1, 0.15) is 16.7 Å². The number of nitrogens with one attached hydrogen (secondary N) is 1. The molecular formula is C23H20FN7. The normalized spacial score (nSPS) is 11.3. The highest BCUT2D eigenvalue weighted by molar-refractivity contribution is 5.91. The Kier molecular flexibility index (Phi) is 4.66. The van der Waals surface area contributed by atoms with Gasteiger partial charge in [-0.05, 0) is 47.7 Å². The summed E-state index contributed by atoms with van der Waals surface area (Å²) in [7, 11) is 0. The summed E-state index contributed by atoms with van der Waals surface area (Å²) < 4.78 is 15.2. The van der Waals surface area contributed by atoms with Gasteiger partial charge in [-0.2, -0.15) is 9.49 Å². The molecule has 0 bridgehead atoms. The third kappa shape index (κ3) is 3.75. The van der Waals surface area contributed by atoms with Crippen LogP contribution in [0.25, 0.3) is 21.7 Å². The molecule has 0 saturated heterocycles. The first-order valence-electron chi connectivity index (χ1n) is 9.87. The van der Waals surface area contributed by atoms with Crippen molar-refractivity contribution in [1.82, 2.24) is 24.7 Å². The summed E-state index contributed by atoms with van der Waals surface area (Å²) in [4.78, 5) is 12.4. The number of hydrogen-bond acceptors (Lipinski definition) is 6. The van der Waals surface area contributed by atoms with Crippen molar-refractivity contribution in [1.29, 1.82) is 0 Å². The fourth-order valence-corrected chi connectivity index (χ4v) is 3.65. The highest BCUT2D eigenvalue weighted by atomic mass is 19.1. The van der Waals surface area contributed by atoms with Crippen molar-refractivity contribution in [3.05, 3.63) is 83.8 Å². The molecule has 0 aliphatic heterocycles. The second-order valence-electron chi connectivity index (χ2n) is 7.48. The predicted molar refractivity (Wildman–Crippen MR) is 119 cm³/mol. The van der Waals surface area contributed by atoms with Crippen LogP contribution in [0.4, 0.5) is 16.0 Å². The molecule has 5 rings (SSSR count). The minimum absolute atomic E-state index is 0.447. The van der Waals surface area contributed by atoms with Gasteiger partial charge in [0.1, 0.15) is 11.6 Å². The number of aryl methyl sites for hydroxylation is 1. The monoisotopic (exact) mass is 413 g/mol. The van der Waals surface area contributed by atoms with E-state index in [0.717, 1.165) is 38.6 Å². The Morgan fingerprint density at radius 3 is 2.74 bits per heavy atom. The first-order chi connectivity index (χ1) is 15.1. The molecule has 0 saturated carbocycles. The highest BCUT2D eigenvalue weighted by Crippen LogP contribution is 2.23. The predicted octanol–water partition coefficient (Wildman–Crippen LogP) is 4.06. The number of anilines is 2. The van der Waals surface area contributed by atoms with Crippen LogP contribution < -0.4 is 11.1 Å². The molecule has 4 aromatic heterocycles. The molecule has 154 valence electrons. The molecule has 0 atom stereocenters. The van der Waals surface area contributed by atoms with Crippen LogP contribution in [-0.2, 0) is 13.1 Å². The van der Waals surface area contributed by atoms with E-state index >= 15 is 0 Å². The van der Waals surface area contributed by atoms with Crippen molar-refractivity contribution in [2.24, 2.45) is 0 Å². The van der Waals surface area contributed by atoms with Gasteiger partial charge in [-0.15, -0.1) is 0 Å². The number of pyridine rings is 3. The van der Waals surface area contributed by atoms with E-state index in [1.165, 1.54) is 6.20 Å². The minimum atomic E-state index is -0.447. The Labute approximate surface area is 177 Å². The molecule has 8 heteroatoms. The first kappa shape index (κ1) is 18.9. The average Bonchev–Trinajstić information content (AvgIpc) is 3.18. The molecule has 0 spiro atoms. The number of halogens is 1. The molecule has 31 heavy (non-hydrogen) atoms. The van der Waals surface area contributed by atoms with E-state index < -0.39 is 5.95 Å². The number of benzene rings is 1. The summed E-state index contributed by atoms with van der Waals surface area (Å²) in [6, 6.07) is 11.7. The van der Waals surface area contributed by atoms with Gasteiger partial charge < -0.3 is 11.1 Å². The Hall–Kier alpha value is -4.07. The van der Waals surface area contributed by atoms with E-state index in [4.69, 9.17) is 5.73 Å². The van der Waals surface area contributed by atoms with Gasteiger partial charge in [-0.25, -0.2) is 15.0 Å². The van der Waals surface area contributed by atoms with E-state index in [1.54, 1.807) is 25.4 Å². The molecule has 1 aromatic carbocycles. The largest absolute Gasteiger partial charge is 0.383 e. The second-order valence-corrected chi connectivity index (χ2v) is 7.48. The quantitative estimate of drug-likeness (QED) is 0.422. The van der Waals surface area contributed by atoms with Gasteiger partial charge in [-0.3, -0.25) is 4.68 Å². The Balaban J connectivity index is 1.38. The molecular weight excluding hydrogens is 393 g/mol. The number of nitrogens with two attached hydrogens (primary N) is 1. The first-order valence-corrected chi connectivity index (χ1v) is 9.87. The Morgan fingerprint density at radius 2 is 1.87 bits per heavy atom. The summed E-state index contributed by atoms with van der Waals surface area (Å²) in [5, 5.41) is 10.9. The zero-order chi connectivity index (χ0) is 21.4. The van der Waals surface area contributed by atoms with Crippen molar-refractivity contribution < 1.29 is 4.39 Å². The summed E-state index contributed by atoms with van der Waals surface area (Å²) >= 11 is 0. The molecule has 4 heterocycles. The summed E-state index contributed by atoms with van der Waals surface area (Å²) in [5.41, 5.74) is 9.29. The van der Waals surface area contributed by atoms with E-state index in [-0.39, 0.29) is 0 Å². The van der Waals surface area contributed by atoms with Crippen LogP contribution >= 0.6 is 0 Å². The lowest BCUT2D eigenvalue weighted by atomic mass is 10.1. The van der Waals surface area contributed by atoms with E-state index in [1.807, 2.05) is 35.1 Å². The minimum Gasteiger partial charge on any atom is -0.383 e. The van der Waals surface area contributed by atoms with Crippen LogP contribution in [0, 0.1) is 12.9 Å². The van der Waals surface area contributed by atoms with Crippen molar-refractivity contribution in [3.8, 4) is 0 Å². The van der Waals surface area contributed by atoms with E-state index in [2.05, 4.69) is 31.4 Å². The maximum absolute atomic E-state index is 13.4. The molecule has 0 fully saturated rings. The van der Waals surface area contributed by atoms with Crippen LogP contribution in [-0.4, -0.2) is 24.7 Å². The topological polar surface area (TPSA) is 94.5 Å². The number of hydrogen-bond donors (Lipinski definition) is 2. The van der Waals surface area contributed by atoms with Crippen molar-refractivity contribution in [2.75, 3.05) is 11.1 Å². The second kappa shape index (κ2) is 7.64. The molecule has 7 nitrogen and oxygen atoms in total. The molecule has 0 amide bonds. The number of aromatic nitrogens is 5. The van der Waals surface area contributed by atoms with Crippen LogP contribution in [0.3, 0.4) is 0 Å². The number of rotatable bonds is 5. The smallest absolute Gasteiger partial charge is 0.215 e. The molecule has 0 radical (unpaired) electrons. The lowest BCUT2D eigenvalue weighted by molar-refractivity contribution is 0.570. The van der Waals surface area contributed by atoms with Gasteiger partial charge in [0.25, 0.3) is 0 Å². The van der Waals surface area contributed by atoms with E-state index in [0.29, 0.717) is 24.5 Å². The van der Waals surface area contributed by atoms with Crippen LogP contribution in [0.2, 0.25) is 0 Å². The summed E-state index contributed by atoms with van der Waals surface area (Å²) in [5.74, 6) is 0.839. The zero-order valence-corrected chi connectivity index (χ0v) is 16.9. The van der Waals surface area contributed by atoms with Gasteiger partial charge in [0.15, 0.2) is 0 Å². The summed E-state index contributed by atoms with van der Waals surface area (Å²) in [6.45, 7) is 2.81.